The number of aromatic amines is 1. The number of H-pyrrole nitrogens is 1. The molecule has 1 amide bonds. The molecule has 3 fully saturated rings. The number of fused-ring (bicyclic) bond motifs is 1. The summed E-state index contributed by atoms with van der Waals surface area (Å²) in [7, 11) is 0. The van der Waals surface area contributed by atoms with Crippen molar-refractivity contribution in [1.82, 2.24) is 29.6 Å². The van der Waals surface area contributed by atoms with Crippen LogP contribution in [0, 0.1) is 0 Å². The minimum absolute atomic E-state index is 0.0223. The lowest BCUT2D eigenvalue weighted by Gasteiger charge is -2.33. The molecular weight excluding hydrogens is 420 g/mol. The number of ether oxygens (including phenoxy) is 1. The quantitative estimate of drug-likeness (QED) is 0.476. The second-order valence-corrected chi connectivity index (χ2v) is 9.13. The van der Waals surface area contributed by atoms with Crippen LogP contribution in [0.1, 0.15) is 43.2 Å². The topological polar surface area (TPSA) is 113 Å². The highest BCUT2D eigenvalue weighted by atomic mass is 16.5. The minimum Gasteiger partial charge on any atom is -0.377 e. The van der Waals surface area contributed by atoms with Gasteiger partial charge in [-0.15, -0.1) is 0 Å². The van der Waals surface area contributed by atoms with Crippen molar-refractivity contribution in [1.29, 1.82) is 0 Å². The van der Waals surface area contributed by atoms with Gasteiger partial charge in [-0.1, -0.05) is 6.58 Å². The number of piperidine rings is 1. The molecule has 6 rings (SSSR count). The number of nitrogens with one attached hydrogen (secondary N) is 3. The average molecular weight is 449 g/mol. The van der Waals surface area contributed by atoms with Gasteiger partial charge in [-0.25, -0.2) is 0 Å². The number of aromatic nitrogens is 5. The fourth-order valence-corrected chi connectivity index (χ4v) is 4.66. The summed E-state index contributed by atoms with van der Waals surface area (Å²) in [6.45, 7) is 6.42. The largest absolute Gasteiger partial charge is 0.377 e. The van der Waals surface area contributed by atoms with Crippen LogP contribution < -0.4 is 10.6 Å². The van der Waals surface area contributed by atoms with Crippen molar-refractivity contribution >= 4 is 34.4 Å². The smallest absolute Gasteiger partial charge is 0.246 e. The fourth-order valence-electron chi connectivity index (χ4n) is 4.66. The van der Waals surface area contributed by atoms with Crippen LogP contribution in [0.3, 0.4) is 0 Å². The molecule has 10 nitrogen and oxygen atoms in total. The van der Waals surface area contributed by atoms with Crippen molar-refractivity contribution in [3.63, 3.8) is 0 Å². The van der Waals surface area contributed by atoms with Gasteiger partial charge < -0.3 is 25.3 Å². The molecule has 0 aromatic carbocycles. The summed E-state index contributed by atoms with van der Waals surface area (Å²) >= 11 is 0. The van der Waals surface area contributed by atoms with Gasteiger partial charge in [0.05, 0.1) is 36.5 Å². The molecule has 172 valence electrons. The van der Waals surface area contributed by atoms with Gasteiger partial charge in [0, 0.05) is 31.5 Å². The van der Waals surface area contributed by atoms with E-state index < -0.39 is 0 Å². The van der Waals surface area contributed by atoms with Crippen LogP contribution in [0.4, 0.5) is 17.5 Å². The first kappa shape index (κ1) is 20.2. The number of likely N-dealkylation sites (tertiary alicyclic amines) is 1. The van der Waals surface area contributed by atoms with Crippen molar-refractivity contribution in [3.8, 4) is 0 Å². The van der Waals surface area contributed by atoms with Crippen molar-refractivity contribution in [3.05, 3.63) is 36.8 Å². The van der Waals surface area contributed by atoms with Crippen LogP contribution in [0.2, 0.25) is 0 Å². The van der Waals surface area contributed by atoms with Crippen LogP contribution in [-0.4, -0.2) is 67.9 Å². The molecule has 2 saturated heterocycles. The zero-order valence-electron chi connectivity index (χ0n) is 18.5. The van der Waals surface area contributed by atoms with E-state index in [9.17, 15) is 4.79 Å². The van der Waals surface area contributed by atoms with Crippen LogP contribution >= 0.6 is 0 Å². The van der Waals surface area contributed by atoms with Gasteiger partial charge in [0.25, 0.3) is 0 Å². The van der Waals surface area contributed by atoms with E-state index in [1.54, 1.807) is 6.20 Å². The minimum atomic E-state index is -0.0223. The standard InChI is InChI=1S/C23H28N8O2/c1-2-19(32)30-7-3-4-15(10-30)26-22-20-18(14-5-6-14)9-24-21(20)28-23(29-22)27-16-8-25-31(11-16)17-12-33-13-17/h2,8-9,11,14-15,17H,1,3-7,10,12-13H2,(H3,24,26,27,28,29). The number of carbonyl (C=O) groups is 1. The summed E-state index contributed by atoms with van der Waals surface area (Å²) in [5.41, 5.74) is 2.92. The lowest BCUT2D eigenvalue weighted by atomic mass is 10.0. The van der Waals surface area contributed by atoms with E-state index >= 15 is 0 Å². The first-order valence-electron chi connectivity index (χ1n) is 11.6. The lowest BCUT2D eigenvalue weighted by Crippen LogP contribution is -2.44. The molecule has 1 aliphatic carbocycles. The third kappa shape index (κ3) is 3.95. The molecule has 2 aliphatic heterocycles. The van der Waals surface area contributed by atoms with E-state index in [-0.39, 0.29) is 11.9 Å². The molecule has 3 aliphatic rings. The molecule has 0 radical (unpaired) electrons. The first-order valence-corrected chi connectivity index (χ1v) is 11.6. The predicted octanol–water partition coefficient (Wildman–Crippen LogP) is 2.94. The Bertz CT molecular complexity index is 1190. The Morgan fingerprint density at radius 1 is 1.27 bits per heavy atom. The first-order chi connectivity index (χ1) is 16.2. The Morgan fingerprint density at radius 2 is 2.15 bits per heavy atom. The summed E-state index contributed by atoms with van der Waals surface area (Å²) in [6.07, 6.45) is 11.5. The Morgan fingerprint density at radius 3 is 2.91 bits per heavy atom. The number of hydrogen-bond acceptors (Lipinski definition) is 7. The highest BCUT2D eigenvalue weighted by Gasteiger charge is 2.30. The van der Waals surface area contributed by atoms with E-state index in [2.05, 4.69) is 33.5 Å². The highest BCUT2D eigenvalue weighted by Crippen LogP contribution is 2.44. The molecular formula is C23H28N8O2. The second-order valence-electron chi connectivity index (χ2n) is 9.13. The summed E-state index contributed by atoms with van der Waals surface area (Å²) < 4.78 is 7.17. The zero-order chi connectivity index (χ0) is 22.4. The predicted molar refractivity (Wildman–Crippen MR) is 125 cm³/mol. The molecule has 3 N–H and O–H groups in total. The number of nitrogens with zero attached hydrogens (tertiary/aromatic N) is 5. The van der Waals surface area contributed by atoms with Gasteiger partial charge in [-0.3, -0.25) is 9.48 Å². The average Bonchev–Trinajstić information content (AvgIpc) is 3.39. The van der Waals surface area contributed by atoms with Crippen molar-refractivity contribution in [2.75, 3.05) is 36.9 Å². The molecule has 1 unspecified atom stereocenters. The van der Waals surface area contributed by atoms with Crippen LogP contribution in [-0.2, 0) is 9.53 Å². The third-order valence-electron chi connectivity index (χ3n) is 6.68. The molecule has 0 bridgehead atoms. The van der Waals surface area contributed by atoms with Crippen LogP contribution in [0.15, 0.2) is 31.2 Å². The molecule has 33 heavy (non-hydrogen) atoms. The maximum absolute atomic E-state index is 12.1. The summed E-state index contributed by atoms with van der Waals surface area (Å²) in [4.78, 5) is 27.0. The second kappa shape index (κ2) is 8.18. The van der Waals surface area contributed by atoms with Gasteiger partial charge >= 0.3 is 0 Å². The molecule has 3 aromatic heterocycles. The SMILES string of the molecule is C=CC(=O)N1CCCC(Nc2nc(Nc3cnn(C4COC4)c3)nc3[nH]cc(C4CC4)c23)C1. The van der Waals surface area contributed by atoms with Crippen molar-refractivity contribution in [2.24, 2.45) is 0 Å². The Labute approximate surface area is 191 Å². The number of amides is 1. The highest BCUT2D eigenvalue weighted by molar-refractivity contribution is 5.92. The van der Waals surface area contributed by atoms with Gasteiger partial charge in [0.1, 0.15) is 11.5 Å². The third-order valence-corrected chi connectivity index (χ3v) is 6.68. The number of rotatable bonds is 7. The van der Waals surface area contributed by atoms with Crippen LogP contribution in [0.25, 0.3) is 11.0 Å². The zero-order valence-corrected chi connectivity index (χ0v) is 18.5. The summed E-state index contributed by atoms with van der Waals surface area (Å²) in [5, 5.41) is 12.4. The van der Waals surface area contributed by atoms with E-state index in [0.717, 1.165) is 41.9 Å². The monoisotopic (exact) mass is 448 g/mol. The normalized spacial score (nSPS) is 21.1. The van der Waals surface area contributed by atoms with Gasteiger partial charge in [-0.05, 0) is 43.2 Å². The number of anilines is 3. The van der Waals surface area contributed by atoms with E-state index in [4.69, 9.17) is 14.7 Å². The fraction of sp³-hybridized carbons (Fsp3) is 0.478. The molecule has 1 atom stereocenters. The van der Waals surface area contributed by atoms with Crippen molar-refractivity contribution in [2.45, 2.75) is 43.7 Å². The Balaban J connectivity index is 1.29. The van der Waals surface area contributed by atoms with E-state index in [0.29, 0.717) is 37.7 Å². The number of hydrogen-bond donors (Lipinski definition) is 3. The lowest BCUT2D eigenvalue weighted by molar-refractivity contribution is -0.127. The maximum atomic E-state index is 12.1. The van der Waals surface area contributed by atoms with E-state index in [1.807, 2.05) is 15.8 Å². The van der Waals surface area contributed by atoms with Gasteiger partial charge in [-0.2, -0.15) is 15.1 Å². The molecule has 5 heterocycles. The van der Waals surface area contributed by atoms with Crippen LogP contribution in [0.5, 0.6) is 0 Å². The summed E-state index contributed by atoms with van der Waals surface area (Å²) in [6, 6.07) is 0.412. The Kier molecular flexibility index (Phi) is 5.01. The molecule has 1 saturated carbocycles. The summed E-state index contributed by atoms with van der Waals surface area (Å²) in [5.74, 6) is 1.86. The molecule has 10 heteroatoms. The van der Waals surface area contributed by atoms with Crippen molar-refractivity contribution < 1.29 is 9.53 Å². The number of carbonyl (C=O) groups excluding carboxylic acids is 1. The van der Waals surface area contributed by atoms with Gasteiger partial charge in [0.2, 0.25) is 11.9 Å². The van der Waals surface area contributed by atoms with Gasteiger partial charge in [0.15, 0.2) is 0 Å². The Hall–Kier alpha value is -3.40. The van der Waals surface area contributed by atoms with E-state index in [1.165, 1.54) is 24.5 Å². The molecule has 0 spiro atoms. The maximum Gasteiger partial charge on any atom is 0.246 e. The molecule has 3 aromatic rings.